The molecule has 1 saturated heterocycles. The molecule has 2 aromatic heterocycles. The molecule has 2 aromatic rings. The summed E-state index contributed by atoms with van der Waals surface area (Å²) in [5.41, 5.74) is 0.0772. The highest BCUT2D eigenvalue weighted by atomic mass is 35.5. The van der Waals surface area contributed by atoms with Crippen LogP contribution in [0.15, 0.2) is 6.20 Å². The molecule has 29 heavy (non-hydrogen) atoms. The van der Waals surface area contributed by atoms with Crippen molar-refractivity contribution < 1.29 is 14.6 Å². The number of rotatable bonds is 4. The minimum absolute atomic E-state index is 0.185. The van der Waals surface area contributed by atoms with Gasteiger partial charge < -0.3 is 20.1 Å². The average molecular weight is 425 g/mol. The third-order valence-corrected chi connectivity index (χ3v) is 4.83. The van der Waals surface area contributed by atoms with Crippen molar-refractivity contribution in [3.8, 4) is 0 Å². The second-order valence-electron chi connectivity index (χ2n) is 8.83. The number of aromatic nitrogens is 4. The van der Waals surface area contributed by atoms with E-state index in [1.54, 1.807) is 10.7 Å². The van der Waals surface area contributed by atoms with Gasteiger partial charge >= 0.3 is 6.09 Å². The molecule has 0 aromatic carbocycles. The molecule has 0 aliphatic carbocycles. The number of nitrogens with one attached hydrogen (secondary N) is 1. The Morgan fingerprint density at radius 1 is 1.45 bits per heavy atom. The fraction of sp³-hybridized carbons (Fsp3) is 0.684. The van der Waals surface area contributed by atoms with Crippen LogP contribution in [-0.2, 0) is 11.2 Å². The monoisotopic (exact) mass is 424 g/mol. The predicted octanol–water partition coefficient (Wildman–Crippen LogP) is 2.76. The predicted molar refractivity (Wildman–Crippen MR) is 110 cm³/mol. The van der Waals surface area contributed by atoms with Crippen LogP contribution in [-0.4, -0.2) is 66.5 Å². The van der Waals surface area contributed by atoms with Gasteiger partial charge in [0.2, 0.25) is 5.95 Å². The standard InChI is InChI=1S/C19H29ClN6O3/c1-11(2)8-15-23-16(20)13-9-21-17(24-26(13)15)22-12-6-7-25(10-14(12)27)18(28)29-19(3,4)5/h9,11-12,14,27H,6-8,10H2,1-5H3,(H,22,24)/t12-,14-/m1/s1. The molecule has 3 rings (SSSR count). The van der Waals surface area contributed by atoms with Crippen molar-refractivity contribution in [3.05, 3.63) is 17.2 Å². The van der Waals surface area contributed by atoms with Gasteiger partial charge in [0.15, 0.2) is 5.15 Å². The molecule has 0 unspecified atom stereocenters. The lowest BCUT2D eigenvalue weighted by Crippen LogP contribution is -2.52. The van der Waals surface area contributed by atoms with Crippen molar-refractivity contribution in [2.45, 2.75) is 65.2 Å². The SMILES string of the molecule is CC(C)Cc1nc(Cl)c2cnc(N[C@@H]3CCN(C(=O)OC(C)(C)C)C[C@H]3O)nn12. The van der Waals surface area contributed by atoms with Crippen LogP contribution in [0.2, 0.25) is 5.15 Å². The summed E-state index contributed by atoms with van der Waals surface area (Å²) in [6.45, 7) is 10.3. The first kappa shape index (κ1) is 21.6. The zero-order valence-corrected chi connectivity index (χ0v) is 18.3. The number of imidazole rings is 1. The largest absolute Gasteiger partial charge is 0.444 e. The van der Waals surface area contributed by atoms with E-state index in [0.717, 1.165) is 12.2 Å². The Labute approximate surface area is 175 Å². The van der Waals surface area contributed by atoms with Crippen LogP contribution < -0.4 is 5.32 Å². The number of ether oxygens (including phenoxy) is 1. The third-order valence-electron chi connectivity index (χ3n) is 4.55. The average Bonchev–Trinajstić information content (AvgIpc) is 2.90. The number of nitrogens with zero attached hydrogens (tertiary/aromatic N) is 5. The third kappa shape index (κ3) is 5.27. The number of hydrogen-bond acceptors (Lipinski definition) is 7. The molecule has 0 spiro atoms. The minimum atomic E-state index is -0.767. The number of fused-ring (bicyclic) bond motifs is 1. The number of halogens is 1. The van der Waals surface area contributed by atoms with Gasteiger partial charge in [-0.3, -0.25) is 0 Å². The van der Waals surface area contributed by atoms with E-state index in [9.17, 15) is 9.90 Å². The summed E-state index contributed by atoms with van der Waals surface area (Å²) in [7, 11) is 0. The van der Waals surface area contributed by atoms with E-state index in [1.807, 2.05) is 20.8 Å². The zero-order valence-electron chi connectivity index (χ0n) is 17.5. The lowest BCUT2D eigenvalue weighted by molar-refractivity contribution is 0.00112. The van der Waals surface area contributed by atoms with Crippen LogP contribution in [0.4, 0.5) is 10.7 Å². The van der Waals surface area contributed by atoms with Crippen molar-refractivity contribution in [3.63, 3.8) is 0 Å². The molecule has 9 nitrogen and oxygen atoms in total. The first-order chi connectivity index (χ1) is 13.5. The molecule has 2 N–H and O–H groups in total. The van der Waals surface area contributed by atoms with Gasteiger partial charge in [-0.1, -0.05) is 25.4 Å². The Hall–Kier alpha value is -2.13. The lowest BCUT2D eigenvalue weighted by atomic mass is 10.0. The number of aliphatic hydroxyl groups is 1. The highest BCUT2D eigenvalue weighted by Gasteiger charge is 2.33. The maximum Gasteiger partial charge on any atom is 0.410 e. The summed E-state index contributed by atoms with van der Waals surface area (Å²) in [6.07, 6.45) is 1.72. The molecule has 2 atom stereocenters. The number of carbonyl (C=O) groups excluding carboxylic acids is 1. The molecule has 0 bridgehead atoms. The van der Waals surface area contributed by atoms with Crippen LogP contribution in [0.1, 0.15) is 46.9 Å². The molecule has 0 radical (unpaired) electrons. The van der Waals surface area contributed by atoms with Gasteiger partial charge in [0.25, 0.3) is 0 Å². The smallest absolute Gasteiger partial charge is 0.410 e. The number of aliphatic hydroxyl groups excluding tert-OH is 1. The second kappa shape index (κ2) is 8.31. The molecule has 3 heterocycles. The van der Waals surface area contributed by atoms with E-state index >= 15 is 0 Å². The van der Waals surface area contributed by atoms with Crippen molar-refractivity contribution in [2.24, 2.45) is 5.92 Å². The van der Waals surface area contributed by atoms with Crippen molar-refractivity contribution in [1.29, 1.82) is 0 Å². The molecule has 1 fully saturated rings. The van der Waals surface area contributed by atoms with Crippen molar-refractivity contribution >= 4 is 29.2 Å². The Morgan fingerprint density at radius 3 is 2.79 bits per heavy atom. The molecule has 1 aliphatic heterocycles. The minimum Gasteiger partial charge on any atom is -0.444 e. The maximum absolute atomic E-state index is 12.2. The number of piperidine rings is 1. The van der Waals surface area contributed by atoms with Crippen molar-refractivity contribution in [2.75, 3.05) is 18.4 Å². The molecular formula is C19H29ClN6O3. The number of likely N-dealkylation sites (tertiary alicyclic amines) is 1. The summed E-state index contributed by atoms with van der Waals surface area (Å²) in [4.78, 5) is 22.4. The Morgan fingerprint density at radius 2 is 2.17 bits per heavy atom. The van der Waals surface area contributed by atoms with Gasteiger partial charge in [-0.15, -0.1) is 5.10 Å². The summed E-state index contributed by atoms with van der Waals surface area (Å²) in [6, 6.07) is -0.279. The molecule has 1 aliphatic rings. The maximum atomic E-state index is 12.2. The summed E-state index contributed by atoms with van der Waals surface area (Å²) in [5, 5.41) is 18.6. The van der Waals surface area contributed by atoms with Gasteiger partial charge in [0, 0.05) is 13.0 Å². The van der Waals surface area contributed by atoms with Crippen LogP contribution >= 0.6 is 11.6 Å². The summed E-state index contributed by atoms with van der Waals surface area (Å²) >= 11 is 6.20. The topological polar surface area (TPSA) is 105 Å². The Bertz CT molecular complexity index is 879. The first-order valence-corrected chi connectivity index (χ1v) is 10.2. The molecule has 160 valence electrons. The fourth-order valence-electron chi connectivity index (χ4n) is 3.23. The highest BCUT2D eigenvalue weighted by Crippen LogP contribution is 2.21. The van der Waals surface area contributed by atoms with Gasteiger partial charge in [-0.2, -0.15) is 0 Å². The van der Waals surface area contributed by atoms with Gasteiger partial charge in [0.1, 0.15) is 16.9 Å². The summed E-state index contributed by atoms with van der Waals surface area (Å²) < 4.78 is 7.08. The van der Waals surface area contributed by atoms with Gasteiger partial charge in [-0.25, -0.2) is 19.3 Å². The number of hydrogen-bond donors (Lipinski definition) is 2. The first-order valence-electron chi connectivity index (χ1n) is 9.86. The quantitative estimate of drug-likeness (QED) is 0.777. The molecule has 10 heteroatoms. The van der Waals surface area contributed by atoms with E-state index in [2.05, 4.69) is 34.2 Å². The zero-order chi connectivity index (χ0) is 21.3. The Balaban J connectivity index is 1.69. The van der Waals surface area contributed by atoms with E-state index in [1.165, 1.54) is 4.90 Å². The fourth-order valence-corrected chi connectivity index (χ4v) is 3.45. The van der Waals surface area contributed by atoms with Crippen LogP contribution in [0, 0.1) is 5.92 Å². The van der Waals surface area contributed by atoms with E-state index in [4.69, 9.17) is 16.3 Å². The van der Waals surface area contributed by atoms with Gasteiger partial charge in [-0.05, 0) is 33.1 Å². The van der Waals surface area contributed by atoms with E-state index < -0.39 is 17.8 Å². The number of anilines is 1. The second-order valence-corrected chi connectivity index (χ2v) is 9.19. The van der Waals surface area contributed by atoms with Gasteiger partial charge in [0.05, 0.1) is 24.9 Å². The van der Waals surface area contributed by atoms with Crippen LogP contribution in [0.25, 0.3) is 5.52 Å². The highest BCUT2D eigenvalue weighted by molar-refractivity contribution is 6.32. The normalized spacial score (nSPS) is 20.3. The van der Waals surface area contributed by atoms with Crippen LogP contribution in [0.5, 0.6) is 0 Å². The number of amides is 1. The Kier molecular flexibility index (Phi) is 6.19. The van der Waals surface area contributed by atoms with Crippen molar-refractivity contribution in [1.82, 2.24) is 24.5 Å². The molecular weight excluding hydrogens is 396 g/mol. The number of carbonyl (C=O) groups is 1. The summed E-state index contributed by atoms with van der Waals surface area (Å²) in [5.74, 6) is 1.55. The van der Waals surface area contributed by atoms with E-state index in [0.29, 0.717) is 35.5 Å². The molecule has 0 saturated carbocycles. The lowest BCUT2D eigenvalue weighted by Gasteiger charge is -2.36. The van der Waals surface area contributed by atoms with Crippen LogP contribution in [0.3, 0.4) is 0 Å². The van der Waals surface area contributed by atoms with E-state index in [-0.39, 0.29) is 12.6 Å². The number of β-amino-alcohol motifs (C(OH)–C–C–N with tert-alkyl or cyclic N) is 1. The molecule has 1 amide bonds.